The fraction of sp³-hybridized carbons (Fsp3) is 0.800. The molecule has 0 aromatic rings. The Labute approximate surface area is 65.4 Å². The first-order valence-corrected chi connectivity index (χ1v) is 2.93. The lowest BCUT2D eigenvalue weighted by Gasteiger charge is -2.08. The van der Waals surface area contributed by atoms with Gasteiger partial charge in [-0.15, -0.1) is 12.4 Å². The molecular weight excluding hydrogens is 156 g/mol. The molecule has 1 atom stereocenters. The zero-order valence-electron chi connectivity index (χ0n) is 5.49. The van der Waals surface area contributed by atoms with Crippen LogP contribution in [0.3, 0.4) is 0 Å². The highest BCUT2D eigenvalue weighted by molar-refractivity contribution is 5.85. The maximum absolute atomic E-state index is 10.2. The van der Waals surface area contributed by atoms with Gasteiger partial charge in [0.15, 0.2) is 0 Å². The van der Waals surface area contributed by atoms with E-state index >= 15 is 0 Å². The second kappa shape index (κ2) is 3.63. The number of carbonyl (C=O) groups is 1. The summed E-state index contributed by atoms with van der Waals surface area (Å²) in [6.45, 7) is 1.09. The molecule has 1 saturated heterocycles. The highest BCUT2D eigenvalue weighted by Gasteiger charge is 2.22. The van der Waals surface area contributed by atoms with Crippen LogP contribution in [0.25, 0.3) is 0 Å². The molecule has 4 nitrogen and oxygen atoms in total. The van der Waals surface area contributed by atoms with Gasteiger partial charge in [0, 0.05) is 19.1 Å². The molecule has 1 fully saturated rings. The van der Waals surface area contributed by atoms with Crippen LogP contribution in [0.1, 0.15) is 6.42 Å². The van der Waals surface area contributed by atoms with Crippen LogP contribution < -0.4 is 5.73 Å². The highest BCUT2D eigenvalue weighted by Crippen LogP contribution is 2.05. The third-order valence-corrected chi connectivity index (χ3v) is 1.50. The van der Waals surface area contributed by atoms with Gasteiger partial charge in [0.25, 0.3) is 0 Å². The summed E-state index contributed by atoms with van der Waals surface area (Å²) in [4.78, 5) is 11.6. The van der Waals surface area contributed by atoms with E-state index in [2.05, 4.69) is 0 Å². The predicted molar refractivity (Wildman–Crippen MR) is 39.4 cm³/mol. The molecule has 3 N–H and O–H groups in total. The molecule has 1 amide bonds. The third-order valence-electron chi connectivity index (χ3n) is 1.50. The van der Waals surface area contributed by atoms with E-state index in [1.165, 1.54) is 4.90 Å². The second-order valence-corrected chi connectivity index (χ2v) is 2.28. The van der Waals surface area contributed by atoms with E-state index < -0.39 is 6.09 Å². The maximum Gasteiger partial charge on any atom is 0.407 e. The topological polar surface area (TPSA) is 66.6 Å². The second-order valence-electron chi connectivity index (χ2n) is 2.28. The quantitative estimate of drug-likeness (QED) is 0.537. The van der Waals surface area contributed by atoms with Crippen molar-refractivity contribution in [1.29, 1.82) is 0 Å². The molecular formula is C5H11ClN2O2. The molecule has 1 heterocycles. The van der Waals surface area contributed by atoms with Gasteiger partial charge in [-0.2, -0.15) is 0 Å². The zero-order valence-corrected chi connectivity index (χ0v) is 6.30. The highest BCUT2D eigenvalue weighted by atomic mass is 35.5. The molecule has 1 aliphatic heterocycles. The van der Waals surface area contributed by atoms with Crippen molar-refractivity contribution in [1.82, 2.24) is 4.90 Å². The standard InChI is InChI=1S/C5H10N2O2.ClH/c6-4-1-2-7(3-4)5(8)9;/h4H,1-3,6H2,(H,8,9);1H. The zero-order chi connectivity index (χ0) is 6.85. The molecule has 1 rings (SSSR count). The van der Waals surface area contributed by atoms with Gasteiger partial charge in [0.2, 0.25) is 0 Å². The summed E-state index contributed by atoms with van der Waals surface area (Å²) < 4.78 is 0. The first kappa shape index (κ1) is 9.52. The maximum atomic E-state index is 10.2. The van der Waals surface area contributed by atoms with Crippen LogP contribution in [0.5, 0.6) is 0 Å². The number of likely N-dealkylation sites (tertiary alicyclic amines) is 1. The number of halogens is 1. The summed E-state index contributed by atoms with van der Waals surface area (Å²) in [6, 6.07) is 0.0566. The smallest absolute Gasteiger partial charge is 0.407 e. The minimum Gasteiger partial charge on any atom is -0.465 e. The van der Waals surface area contributed by atoms with Gasteiger partial charge in [-0.05, 0) is 6.42 Å². The summed E-state index contributed by atoms with van der Waals surface area (Å²) in [5, 5.41) is 8.40. The molecule has 0 aromatic carbocycles. The molecule has 0 bridgehead atoms. The number of hydrogen-bond acceptors (Lipinski definition) is 2. The van der Waals surface area contributed by atoms with Crippen molar-refractivity contribution in [3.63, 3.8) is 0 Å². The first-order chi connectivity index (χ1) is 4.20. The fourth-order valence-electron chi connectivity index (χ4n) is 0.961. The van der Waals surface area contributed by atoms with Gasteiger partial charge in [-0.25, -0.2) is 4.79 Å². The van der Waals surface area contributed by atoms with Crippen LogP contribution >= 0.6 is 12.4 Å². The summed E-state index contributed by atoms with van der Waals surface area (Å²) in [7, 11) is 0. The number of rotatable bonds is 0. The van der Waals surface area contributed by atoms with Crippen LogP contribution in [0.4, 0.5) is 4.79 Å². The third kappa shape index (κ3) is 2.04. The van der Waals surface area contributed by atoms with E-state index in [0.717, 1.165) is 6.42 Å². The van der Waals surface area contributed by atoms with Gasteiger partial charge in [0.1, 0.15) is 0 Å². The fourth-order valence-corrected chi connectivity index (χ4v) is 0.961. The average molecular weight is 167 g/mol. The molecule has 0 aromatic heterocycles. The van der Waals surface area contributed by atoms with Gasteiger partial charge < -0.3 is 15.7 Å². The molecule has 5 heteroatoms. The summed E-state index contributed by atoms with van der Waals surface area (Å²) in [6.07, 6.45) is -0.0605. The van der Waals surface area contributed by atoms with Crippen molar-refractivity contribution in [3.8, 4) is 0 Å². The van der Waals surface area contributed by atoms with E-state index in [0.29, 0.717) is 13.1 Å². The predicted octanol–water partition coefficient (Wildman–Crippen LogP) is 0.119. The Morgan fingerprint density at radius 3 is 2.50 bits per heavy atom. The molecule has 10 heavy (non-hydrogen) atoms. The molecule has 0 radical (unpaired) electrons. The van der Waals surface area contributed by atoms with E-state index in [-0.39, 0.29) is 18.4 Å². The van der Waals surface area contributed by atoms with E-state index in [1.54, 1.807) is 0 Å². The van der Waals surface area contributed by atoms with E-state index in [1.807, 2.05) is 0 Å². The van der Waals surface area contributed by atoms with Gasteiger partial charge in [-0.3, -0.25) is 0 Å². The Kier molecular flexibility index (Phi) is 3.46. The molecule has 0 spiro atoms. The molecule has 0 saturated carbocycles. The van der Waals surface area contributed by atoms with Crippen molar-refractivity contribution in [2.75, 3.05) is 13.1 Å². The van der Waals surface area contributed by atoms with Crippen molar-refractivity contribution >= 4 is 18.5 Å². The Morgan fingerprint density at radius 2 is 2.30 bits per heavy atom. The first-order valence-electron chi connectivity index (χ1n) is 2.93. The van der Waals surface area contributed by atoms with Crippen LogP contribution in [0, 0.1) is 0 Å². The van der Waals surface area contributed by atoms with Gasteiger partial charge in [0.05, 0.1) is 0 Å². The Morgan fingerprint density at radius 1 is 1.70 bits per heavy atom. The molecule has 0 aliphatic carbocycles. The lowest BCUT2D eigenvalue weighted by atomic mass is 10.3. The summed E-state index contributed by atoms with van der Waals surface area (Å²) in [5.74, 6) is 0. The Hall–Kier alpha value is -0.480. The molecule has 1 unspecified atom stereocenters. The number of carboxylic acid groups (broad SMARTS) is 1. The van der Waals surface area contributed by atoms with Crippen molar-refractivity contribution in [3.05, 3.63) is 0 Å². The van der Waals surface area contributed by atoms with Gasteiger partial charge in [-0.1, -0.05) is 0 Å². The number of hydrogen-bond donors (Lipinski definition) is 2. The van der Waals surface area contributed by atoms with Crippen molar-refractivity contribution < 1.29 is 9.90 Å². The van der Waals surface area contributed by atoms with Crippen LogP contribution in [0.2, 0.25) is 0 Å². The van der Waals surface area contributed by atoms with Crippen LogP contribution in [-0.4, -0.2) is 35.2 Å². The largest absolute Gasteiger partial charge is 0.465 e. The lowest BCUT2D eigenvalue weighted by Crippen LogP contribution is -2.30. The van der Waals surface area contributed by atoms with Gasteiger partial charge >= 0.3 is 6.09 Å². The van der Waals surface area contributed by atoms with Crippen LogP contribution in [-0.2, 0) is 0 Å². The van der Waals surface area contributed by atoms with Crippen molar-refractivity contribution in [2.45, 2.75) is 12.5 Å². The number of nitrogens with two attached hydrogens (primary N) is 1. The Bertz CT molecular complexity index is 131. The minimum atomic E-state index is -0.858. The summed E-state index contributed by atoms with van der Waals surface area (Å²) >= 11 is 0. The van der Waals surface area contributed by atoms with E-state index in [4.69, 9.17) is 10.8 Å². The van der Waals surface area contributed by atoms with E-state index in [9.17, 15) is 4.79 Å². The monoisotopic (exact) mass is 166 g/mol. The average Bonchev–Trinajstić information content (AvgIpc) is 2.14. The van der Waals surface area contributed by atoms with Crippen molar-refractivity contribution in [2.24, 2.45) is 5.73 Å². The number of amides is 1. The molecule has 1 aliphatic rings. The minimum absolute atomic E-state index is 0. The molecule has 60 valence electrons. The summed E-state index contributed by atoms with van der Waals surface area (Å²) in [5.41, 5.74) is 5.46. The lowest BCUT2D eigenvalue weighted by molar-refractivity contribution is 0.155. The SMILES string of the molecule is Cl.NC1CCN(C(=O)O)C1. The number of nitrogens with zero attached hydrogens (tertiary/aromatic N) is 1. The Balaban J connectivity index is 0.000000810. The van der Waals surface area contributed by atoms with Crippen LogP contribution in [0.15, 0.2) is 0 Å². The normalized spacial score (nSPS) is 24.1.